The molecule has 0 saturated carbocycles. The number of carboxylic acids is 1. The molecule has 0 bridgehead atoms. The number of carbonyl (C=O) groups is 1. The maximum atomic E-state index is 11.0. The third-order valence-corrected chi connectivity index (χ3v) is 3.97. The van der Waals surface area contributed by atoms with Crippen LogP contribution >= 0.6 is 0 Å². The minimum atomic E-state index is -0.801. The Morgan fingerprint density at radius 1 is 1.17 bits per heavy atom. The lowest BCUT2D eigenvalue weighted by Gasteiger charge is -2.20. The Bertz CT molecular complexity index is 471. The van der Waals surface area contributed by atoms with E-state index in [1.807, 2.05) is 0 Å². The Kier molecular flexibility index (Phi) is 3.41. The third kappa shape index (κ3) is 2.13. The summed E-state index contributed by atoms with van der Waals surface area (Å²) in [4.78, 5) is 11.0. The highest BCUT2D eigenvalue weighted by molar-refractivity contribution is 5.74. The number of hydrogen-bond acceptors (Lipinski definition) is 3. The first-order valence-corrected chi connectivity index (χ1v) is 6.23. The second kappa shape index (κ2) is 4.71. The molecule has 1 heterocycles. The van der Waals surface area contributed by atoms with E-state index in [9.17, 15) is 4.79 Å². The van der Waals surface area contributed by atoms with Crippen molar-refractivity contribution in [2.24, 2.45) is 0 Å². The molecule has 4 heteroatoms. The predicted octanol–water partition coefficient (Wildman–Crippen LogP) is 1.91. The fourth-order valence-corrected chi connectivity index (χ4v) is 2.68. The largest absolute Gasteiger partial charge is 0.480 e. The van der Waals surface area contributed by atoms with Gasteiger partial charge >= 0.3 is 5.97 Å². The Labute approximate surface area is 107 Å². The van der Waals surface area contributed by atoms with Crippen LogP contribution in [0.2, 0.25) is 0 Å². The molecule has 2 unspecified atom stereocenters. The molecule has 2 atom stereocenters. The van der Waals surface area contributed by atoms with Crippen LogP contribution in [0.25, 0.3) is 0 Å². The van der Waals surface area contributed by atoms with Crippen molar-refractivity contribution in [3.05, 3.63) is 33.9 Å². The average molecular weight is 248 g/mol. The van der Waals surface area contributed by atoms with Crippen molar-refractivity contribution in [3.63, 3.8) is 0 Å². The van der Waals surface area contributed by atoms with E-state index in [0.29, 0.717) is 6.42 Å². The van der Waals surface area contributed by atoms with Gasteiger partial charge in [-0.05, 0) is 61.9 Å². The Balaban J connectivity index is 2.38. The second-order valence-corrected chi connectivity index (χ2v) is 5.14. The number of nitrogens with one attached hydrogen (secondary N) is 2. The molecule has 1 aliphatic heterocycles. The molecule has 18 heavy (non-hydrogen) atoms. The van der Waals surface area contributed by atoms with E-state index < -0.39 is 12.0 Å². The van der Waals surface area contributed by atoms with Crippen LogP contribution < -0.4 is 10.9 Å². The fraction of sp³-hybridized carbons (Fsp3) is 0.500. The summed E-state index contributed by atoms with van der Waals surface area (Å²) in [7, 11) is 0. The summed E-state index contributed by atoms with van der Waals surface area (Å²) in [6, 6.07) is 1.75. The topological polar surface area (TPSA) is 61.4 Å². The number of rotatable bonds is 2. The lowest BCUT2D eigenvalue weighted by molar-refractivity contribution is -0.139. The zero-order valence-corrected chi connectivity index (χ0v) is 11.3. The van der Waals surface area contributed by atoms with Gasteiger partial charge in [0.1, 0.15) is 6.04 Å². The first-order valence-electron chi connectivity index (χ1n) is 6.23. The molecule has 3 N–H and O–H groups in total. The van der Waals surface area contributed by atoms with Crippen LogP contribution in [0.5, 0.6) is 0 Å². The number of aryl methyl sites for hydroxylation is 2. The fourth-order valence-electron chi connectivity index (χ4n) is 2.68. The van der Waals surface area contributed by atoms with E-state index in [4.69, 9.17) is 5.11 Å². The molecule has 1 aromatic carbocycles. The van der Waals surface area contributed by atoms with Crippen LogP contribution in [0.15, 0.2) is 6.07 Å². The number of aliphatic carboxylic acids is 1. The molecule has 1 aliphatic rings. The van der Waals surface area contributed by atoms with Gasteiger partial charge in [-0.15, -0.1) is 0 Å². The van der Waals surface area contributed by atoms with Crippen molar-refractivity contribution in [1.29, 1.82) is 0 Å². The SMILES string of the molecule is Cc1cc(C)c(C)c(C2CC(C(=O)O)NN2)c1C. The molecule has 1 fully saturated rings. The van der Waals surface area contributed by atoms with E-state index >= 15 is 0 Å². The number of hydrogen-bond donors (Lipinski definition) is 3. The van der Waals surface area contributed by atoms with Gasteiger partial charge in [-0.2, -0.15) is 0 Å². The maximum absolute atomic E-state index is 11.0. The highest BCUT2D eigenvalue weighted by Gasteiger charge is 2.31. The summed E-state index contributed by atoms with van der Waals surface area (Å²) < 4.78 is 0. The zero-order chi connectivity index (χ0) is 13.4. The second-order valence-electron chi connectivity index (χ2n) is 5.14. The van der Waals surface area contributed by atoms with Crippen LogP contribution in [-0.4, -0.2) is 17.1 Å². The first-order chi connectivity index (χ1) is 8.41. The minimum Gasteiger partial charge on any atom is -0.480 e. The molecule has 0 aliphatic carbocycles. The predicted molar refractivity (Wildman–Crippen MR) is 70.4 cm³/mol. The maximum Gasteiger partial charge on any atom is 0.322 e. The molecule has 98 valence electrons. The molecular formula is C14H20N2O2. The van der Waals surface area contributed by atoms with Crippen LogP contribution in [0.4, 0.5) is 0 Å². The molecule has 0 radical (unpaired) electrons. The summed E-state index contributed by atoms with van der Waals surface area (Å²) in [5, 5.41) is 9.02. The van der Waals surface area contributed by atoms with Crippen molar-refractivity contribution < 1.29 is 9.90 Å². The first kappa shape index (κ1) is 13.1. The third-order valence-electron chi connectivity index (χ3n) is 3.97. The van der Waals surface area contributed by atoms with Crippen LogP contribution in [0.3, 0.4) is 0 Å². The molecule has 1 aromatic rings. The molecule has 0 spiro atoms. The van der Waals surface area contributed by atoms with Gasteiger partial charge < -0.3 is 5.11 Å². The summed E-state index contributed by atoms with van der Waals surface area (Å²) in [6.45, 7) is 8.41. The quantitative estimate of drug-likeness (QED) is 0.748. The minimum absolute atomic E-state index is 0.0738. The van der Waals surface area contributed by atoms with Crippen LogP contribution in [-0.2, 0) is 4.79 Å². The van der Waals surface area contributed by atoms with Gasteiger partial charge in [0.15, 0.2) is 0 Å². The van der Waals surface area contributed by atoms with E-state index in [2.05, 4.69) is 44.6 Å². The van der Waals surface area contributed by atoms with Gasteiger partial charge in [-0.3, -0.25) is 4.79 Å². The zero-order valence-electron chi connectivity index (χ0n) is 11.3. The van der Waals surface area contributed by atoms with Gasteiger partial charge in [0.25, 0.3) is 0 Å². The van der Waals surface area contributed by atoms with Crippen LogP contribution in [0, 0.1) is 27.7 Å². The van der Waals surface area contributed by atoms with Gasteiger partial charge in [-0.1, -0.05) is 6.07 Å². The van der Waals surface area contributed by atoms with Gasteiger partial charge in [0.2, 0.25) is 0 Å². The van der Waals surface area contributed by atoms with Crippen molar-refractivity contribution in [3.8, 4) is 0 Å². The molecule has 2 rings (SSSR count). The standard InChI is InChI=1S/C14H20N2O2/c1-7-5-8(2)10(4)13(9(7)3)11-6-12(14(17)18)16-15-11/h5,11-12,15-16H,6H2,1-4H3,(H,17,18). The summed E-state index contributed by atoms with van der Waals surface area (Å²) >= 11 is 0. The normalized spacial score (nSPS) is 23.3. The highest BCUT2D eigenvalue weighted by atomic mass is 16.4. The van der Waals surface area contributed by atoms with E-state index in [0.717, 1.165) is 0 Å². The summed E-state index contributed by atoms with van der Waals surface area (Å²) in [6.07, 6.45) is 0.583. The molecule has 4 nitrogen and oxygen atoms in total. The van der Waals surface area contributed by atoms with Gasteiger partial charge in [0.05, 0.1) is 0 Å². The van der Waals surface area contributed by atoms with Gasteiger partial charge in [0, 0.05) is 6.04 Å². The van der Waals surface area contributed by atoms with Crippen molar-refractivity contribution in [2.45, 2.75) is 46.2 Å². The van der Waals surface area contributed by atoms with Crippen molar-refractivity contribution in [2.75, 3.05) is 0 Å². The molecule has 1 saturated heterocycles. The van der Waals surface area contributed by atoms with Crippen LogP contribution in [0.1, 0.15) is 40.3 Å². The average Bonchev–Trinajstić information content (AvgIpc) is 2.76. The summed E-state index contributed by atoms with van der Waals surface area (Å²) in [5.41, 5.74) is 12.2. The highest BCUT2D eigenvalue weighted by Crippen LogP contribution is 2.31. The lowest BCUT2D eigenvalue weighted by Crippen LogP contribution is -2.36. The summed E-state index contributed by atoms with van der Waals surface area (Å²) in [5.74, 6) is -0.801. The van der Waals surface area contributed by atoms with Crippen molar-refractivity contribution >= 4 is 5.97 Å². The Morgan fingerprint density at radius 2 is 1.72 bits per heavy atom. The smallest absolute Gasteiger partial charge is 0.322 e. The Morgan fingerprint density at radius 3 is 2.17 bits per heavy atom. The molecular weight excluding hydrogens is 228 g/mol. The Hall–Kier alpha value is -1.39. The number of hydrazine groups is 1. The monoisotopic (exact) mass is 248 g/mol. The van der Waals surface area contributed by atoms with E-state index in [-0.39, 0.29) is 6.04 Å². The number of benzene rings is 1. The van der Waals surface area contributed by atoms with Gasteiger partial charge in [-0.25, -0.2) is 10.9 Å². The molecule has 0 amide bonds. The van der Waals surface area contributed by atoms with Crippen molar-refractivity contribution in [1.82, 2.24) is 10.9 Å². The number of carboxylic acid groups (broad SMARTS) is 1. The lowest BCUT2D eigenvalue weighted by atomic mass is 9.88. The molecule has 0 aromatic heterocycles. The van der Waals surface area contributed by atoms with E-state index in [1.165, 1.54) is 27.8 Å². The van der Waals surface area contributed by atoms with E-state index in [1.54, 1.807) is 0 Å².